The van der Waals surface area contributed by atoms with Crippen LogP contribution in [0.4, 0.5) is 0 Å². The third-order valence-electron chi connectivity index (χ3n) is 4.68. The summed E-state index contributed by atoms with van der Waals surface area (Å²) >= 11 is 0. The first-order chi connectivity index (χ1) is 11.2. The minimum Gasteiger partial charge on any atom is -0.396 e. The number of hydrogen-bond acceptors (Lipinski definition) is 4. The van der Waals surface area contributed by atoms with Crippen LogP contribution in [0.25, 0.3) is 0 Å². The topological polar surface area (TPSA) is 80.9 Å². The maximum atomic E-state index is 10.2. The highest BCUT2D eigenvalue weighted by Gasteiger charge is 2.14. The van der Waals surface area contributed by atoms with Crippen molar-refractivity contribution in [2.24, 2.45) is 11.8 Å². The van der Waals surface area contributed by atoms with E-state index in [-0.39, 0.29) is 6.61 Å². The molecule has 0 spiro atoms. The van der Waals surface area contributed by atoms with Gasteiger partial charge >= 0.3 is 0 Å². The van der Waals surface area contributed by atoms with E-state index in [1.54, 1.807) is 6.08 Å². The molecule has 0 aromatic heterocycles. The zero-order valence-electron chi connectivity index (χ0n) is 15.9. The molecule has 0 rings (SSSR count). The second-order valence-electron chi connectivity index (χ2n) is 7.47. The molecule has 0 heterocycles. The highest BCUT2D eigenvalue weighted by Crippen LogP contribution is 2.20. The van der Waals surface area contributed by atoms with Crippen LogP contribution in [0.5, 0.6) is 0 Å². The van der Waals surface area contributed by atoms with Gasteiger partial charge in [0, 0.05) is 6.61 Å². The average Bonchev–Trinajstić information content (AvgIpc) is 2.49. The molecular weight excluding hydrogens is 304 g/mol. The summed E-state index contributed by atoms with van der Waals surface area (Å²) in [6.07, 6.45) is 4.54. The van der Waals surface area contributed by atoms with E-state index in [4.69, 9.17) is 5.11 Å². The van der Waals surface area contributed by atoms with Crippen LogP contribution >= 0.6 is 0 Å². The molecule has 5 atom stereocenters. The molecule has 0 amide bonds. The van der Waals surface area contributed by atoms with Crippen LogP contribution in [0.1, 0.15) is 66.2 Å². The van der Waals surface area contributed by atoms with Gasteiger partial charge < -0.3 is 20.4 Å². The molecule has 0 saturated heterocycles. The van der Waals surface area contributed by atoms with Gasteiger partial charge in [-0.1, -0.05) is 32.1 Å². The van der Waals surface area contributed by atoms with Crippen molar-refractivity contribution in [3.8, 4) is 0 Å². The van der Waals surface area contributed by atoms with Gasteiger partial charge in [0.1, 0.15) is 0 Å². The van der Waals surface area contributed by atoms with Crippen LogP contribution in [0.15, 0.2) is 23.8 Å². The third-order valence-corrected chi connectivity index (χ3v) is 4.68. The lowest BCUT2D eigenvalue weighted by Crippen LogP contribution is -2.16. The van der Waals surface area contributed by atoms with Crippen molar-refractivity contribution in [1.29, 1.82) is 0 Å². The standard InChI is InChI=1S/C20H38O4/c1-14(2)19(23)8-7-16(4)12-18(22)13-17(5)20(24)9-6-15(3)10-11-21/h13,15-16,18-24H,1,6-12H2,2-5H3/t15?,16?,18-,19?,20?/m0/s1. The Morgan fingerprint density at radius 3 is 1.96 bits per heavy atom. The Labute approximate surface area is 147 Å². The minimum atomic E-state index is -0.577. The fourth-order valence-corrected chi connectivity index (χ4v) is 2.74. The molecule has 4 N–H and O–H groups in total. The van der Waals surface area contributed by atoms with E-state index in [0.29, 0.717) is 31.1 Å². The van der Waals surface area contributed by atoms with Crippen LogP contribution in [0.3, 0.4) is 0 Å². The number of aliphatic hydroxyl groups excluding tert-OH is 4. The maximum absolute atomic E-state index is 10.2. The van der Waals surface area contributed by atoms with E-state index >= 15 is 0 Å². The van der Waals surface area contributed by atoms with Crippen LogP contribution in [0, 0.1) is 11.8 Å². The van der Waals surface area contributed by atoms with Gasteiger partial charge in [-0.25, -0.2) is 0 Å². The fraction of sp³-hybridized carbons (Fsp3) is 0.800. The quantitative estimate of drug-likeness (QED) is 0.388. The predicted molar refractivity (Wildman–Crippen MR) is 99.7 cm³/mol. The van der Waals surface area contributed by atoms with Crippen molar-refractivity contribution in [2.45, 2.75) is 84.5 Å². The smallest absolute Gasteiger partial charge is 0.0748 e. The van der Waals surface area contributed by atoms with Crippen molar-refractivity contribution in [3.05, 3.63) is 23.8 Å². The zero-order valence-corrected chi connectivity index (χ0v) is 15.9. The third kappa shape index (κ3) is 11.0. The highest BCUT2D eigenvalue weighted by molar-refractivity contribution is 5.07. The van der Waals surface area contributed by atoms with Gasteiger partial charge in [0.25, 0.3) is 0 Å². The first-order valence-electron chi connectivity index (χ1n) is 9.16. The highest BCUT2D eigenvalue weighted by atomic mass is 16.3. The molecule has 0 aromatic rings. The number of rotatable bonds is 13. The Bertz CT molecular complexity index is 378. The van der Waals surface area contributed by atoms with E-state index in [2.05, 4.69) is 20.4 Å². The van der Waals surface area contributed by atoms with Crippen LogP contribution in [-0.4, -0.2) is 45.3 Å². The van der Waals surface area contributed by atoms with Gasteiger partial charge in [0.05, 0.1) is 18.3 Å². The molecule has 0 aliphatic carbocycles. The van der Waals surface area contributed by atoms with Gasteiger partial charge in [0.15, 0.2) is 0 Å². The first kappa shape index (κ1) is 23.3. The maximum Gasteiger partial charge on any atom is 0.0748 e. The minimum absolute atomic E-state index is 0.183. The Balaban J connectivity index is 4.22. The van der Waals surface area contributed by atoms with E-state index in [1.165, 1.54) is 0 Å². The van der Waals surface area contributed by atoms with Crippen molar-refractivity contribution in [1.82, 2.24) is 0 Å². The summed E-state index contributed by atoms with van der Waals surface area (Å²) in [4.78, 5) is 0. The number of hydrogen-bond donors (Lipinski definition) is 4. The Kier molecular flexibility index (Phi) is 12.3. The second kappa shape index (κ2) is 12.6. The van der Waals surface area contributed by atoms with E-state index in [1.807, 2.05) is 13.8 Å². The molecule has 0 aliphatic rings. The molecular formula is C20H38O4. The molecule has 0 bridgehead atoms. The Hall–Kier alpha value is -0.680. The summed E-state index contributed by atoms with van der Waals surface area (Å²) in [5.41, 5.74) is 1.57. The molecule has 4 nitrogen and oxygen atoms in total. The average molecular weight is 343 g/mol. The summed E-state index contributed by atoms with van der Waals surface area (Å²) in [5.74, 6) is 0.682. The normalized spacial score (nSPS) is 18.8. The molecule has 0 aliphatic heterocycles. The van der Waals surface area contributed by atoms with Crippen LogP contribution in [0.2, 0.25) is 0 Å². The second-order valence-corrected chi connectivity index (χ2v) is 7.47. The Morgan fingerprint density at radius 2 is 1.42 bits per heavy atom. The molecule has 24 heavy (non-hydrogen) atoms. The van der Waals surface area contributed by atoms with Gasteiger partial charge in [-0.15, -0.1) is 0 Å². The molecule has 0 fully saturated rings. The van der Waals surface area contributed by atoms with Gasteiger partial charge in [-0.3, -0.25) is 0 Å². The summed E-state index contributed by atoms with van der Waals surface area (Å²) < 4.78 is 0. The van der Waals surface area contributed by atoms with Crippen LogP contribution < -0.4 is 0 Å². The Morgan fingerprint density at radius 1 is 0.875 bits per heavy atom. The first-order valence-corrected chi connectivity index (χ1v) is 9.16. The van der Waals surface area contributed by atoms with E-state index < -0.39 is 18.3 Å². The van der Waals surface area contributed by atoms with Gasteiger partial charge in [-0.2, -0.15) is 0 Å². The SMILES string of the molecule is C=C(C)C(O)CCC(C)C[C@H](O)C=C(C)C(O)CCC(C)CCO. The predicted octanol–water partition coefficient (Wildman–Crippen LogP) is 3.20. The lowest BCUT2D eigenvalue weighted by Gasteiger charge is -2.19. The number of aliphatic hydroxyl groups is 4. The van der Waals surface area contributed by atoms with E-state index in [9.17, 15) is 15.3 Å². The van der Waals surface area contributed by atoms with Crippen LogP contribution in [-0.2, 0) is 0 Å². The monoisotopic (exact) mass is 342 g/mol. The molecule has 0 radical (unpaired) electrons. The largest absolute Gasteiger partial charge is 0.396 e. The molecule has 4 heteroatoms. The summed E-state index contributed by atoms with van der Waals surface area (Å²) in [6.45, 7) is 11.7. The van der Waals surface area contributed by atoms with Gasteiger partial charge in [0.2, 0.25) is 0 Å². The van der Waals surface area contributed by atoms with Crippen molar-refractivity contribution < 1.29 is 20.4 Å². The van der Waals surface area contributed by atoms with Crippen molar-refractivity contribution >= 4 is 0 Å². The molecule has 142 valence electrons. The molecule has 0 aromatic carbocycles. The van der Waals surface area contributed by atoms with Gasteiger partial charge in [-0.05, 0) is 69.8 Å². The fourth-order valence-electron chi connectivity index (χ4n) is 2.74. The van der Waals surface area contributed by atoms with E-state index in [0.717, 1.165) is 30.4 Å². The lowest BCUT2D eigenvalue weighted by molar-refractivity contribution is 0.158. The summed E-state index contributed by atoms with van der Waals surface area (Å²) in [6, 6.07) is 0. The zero-order chi connectivity index (χ0) is 18.7. The van der Waals surface area contributed by atoms with Crippen molar-refractivity contribution in [2.75, 3.05) is 6.61 Å². The lowest BCUT2D eigenvalue weighted by atomic mass is 9.93. The summed E-state index contributed by atoms with van der Waals surface area (Å²) in [5, 5.41) is 39.0. The molecule has 0 saturated carbocycles. The van der Waals surface area contributed by atoms with Crippen molar-refractivity contribution in [3.63, 3.8) is 0 Å². The summed E-state index contributed by atoms with van der Waals surface area (Å²) in [7, 11) is 0. The molecule has 4 unspecified atom stereocenters.